The molecule has 23 heavy (non-hydrogen) atoms. The second-order valence-corrected chi connectivity index (χ2v) is 6.53. The van der Waals surface area contributed by atoms with Crippen molar-refractivity contribution in [1.82, 2.24) is 4.98 Å². The molecule has 2 N–H and O–H groups in total. The number of aliphatic hydroxyl groups excluding tert-OH is 1. The van der Waals surface area contributed by atoms with Crippen molar-refractivity contribution >= 4 is 33.8 Å². The Morgan fingerprint density at radius 1 is 1.30 bits per heavy atom. The molecule has 1 fully saturated rings. The summed E-state index contributed by atoms with van der Waals surface area (Å²) in [5.74, 6) is 0.230. The lowest BCUT2D eigenvalue weighted by atomic mass is 10.1. The van der Waals surface area contributed by atoms with E-state index in [1.54, 1.807) is 11.3 Å². The van der Waals surface area contributed by atoms with Gasteiger partial charge in [-0.25, -0.2) is 4.98 Å². The predicted molar refractivity (Wildman–Crippen MR) is 95.8 cm³/mol. The molecule has 1 atom stereocenters. The van der Waals surface area contributed by atoms with Crippen LogP contribution in [0.1, 0.15) is 0 Å². The number of alkyl halides is 1. The number of aromatic nitrogens is 1. The molecule has 1 aliphatic heterocycles. The first kappa shape index (κ1) is 16.5. The topological polar surface area (TPSA) is 57.6 Å². The third-order valence-electron chi connectivity index (χ3n) is 3.67. The van der Waals surface area contributed by atoms with Crippen molar-refractivity contribution in [2.75, 3.05) is 48.9 Å². The van der Waals surface area contributed by atoms with Gasteiger partial charge in [-0.1, -0.05) is 12.1 Å². The molecule has 0 amide bonds. The maximum absolute atomic E-state index is 9.46. The average molecular weight is 354 g/mol. The number of hydrogen-bond donors (Lipinski definition) is 2. The molecule has 2 heterocycles. The molecular weight excluding hydrogens is 334 g/mol. The van der Waals surface area contributed by atoms with Crippen LogP contribution in [0.15, 0.2) is 29.6 Å². The number of nitrogens with one attached hydrogen (secondary N) is 1. The van der Waals surface area contributed by atoms with Crippen LogP contribution in [-0.4, -0.2) is 54.9 Å². The highest BCUT2D eigenvalue weighted by Gasteiger charge is 2.15. The van der Waals surface area contributed by atoms with Crippen molar-refractivity contribution in [1.29, 1.82) is 0 Å². The fraction of sp³-hybridized carbons (Fsp3) is 0.438. The van der Waals surface area contributed by atoms with Crippen LogP contribution >= 0.6 is 22.9 Å². The Balaban J connectivity index is 1.64. The Bertz CT molecular complexity index is 614. The minimum atomic E-state index is -0.536. The van der Waals surface area contributed by atoms with E-state index in [1.807, 2.05) is 24.3 Å². The van der Waals surface area contributed by atoms with E-state index in [4.69, 9.17) is 21.3 Å². The summed E-state index contributed by atoms with van der Waals surface area (Å²) < 4.78 is 5.38. The molecule has 0 radical (unpaired) electrons. The van der Waals surface area contributed by atoms with Crippen LogP contribution < -0.4 is 10.2 Å². The first-order chi connectivity index (χ1) is 11.3. The zero-order chi connectivity index (χ0) is 16.1. The van der Waals surface area contributed by atoms with E-state index in [0.717, 1.165) is 48.4 Å². The summed E-state index contributed by atoms with van der Waals surface area (Å²) >= 11 is 7.25. The zero-order valence-corrected chi connectivity index (χ0v) is 14.3. The van der Waals surface area contributed by atoms with Gasteiger partial charge in [-0.2, -0.15) is 0 Å². The van der Waals surface area contributed by atoms with Gasteiger partial charge in [0.1, 0.15) is 0 Å². The number of rotatable bonds is 6. The number of hydrogen-bond acceptors (Lipinski definition) is 6. The monoisotopic (exact) mass is 353 g/mol. The molecule has 1 aromatic heterocycles. The van der Waals surface area contributed by atoms with Crippen LogP contribution in [0.4, 0.5) is 10.8 Å². The van der Waals surface area contributed by atoms with Gasteiger partial charge in [0.2, 0.25) is 0 Å². The molecule has 124 valence electrons. The molecule has 7 heteroatoms. The van der Waals surface area contributed by atoms with Crippen molar-refractivity contribution in [3.8, 4) is 11.3 Å². The highest BCUT2D eigenvalue weighted by Crippen LogP contribution is 2.28. The summed E-state index contributed by atoms with van der Waals surface area (Å²) in [5.41, 5.74) is 3.04. The fourth-order valence-electron chi connectivity index (χ4n) is 2.35. The Labute approximate surface area is 144 Å². The van der Waals surface area contributed by atoms with Crippen LogP contribution in [0.5, 0.6) is 0 Å². The number of anilines is 2. The summed E-state index contributed by atoms with van der Waals surface area (Å²) in [7, 11) is 0. The zero-order valence-electron chi connectivity index (χ0n) is 12.7. The van der Waals surface area contributed by atoms with Crippen LogP contribution in [-0.2, 0) is 4.74 Å². The molecule has 3 rings (SSSR count). The van der Waals surface area contributed by atoms with Crippen molar-refractivity contribution < 1.29 is 9.84 Å². The van der Waals surface area contributed by atoms with Gasteiger partial charge in [0.15, 0.2) is 5.13 Å². The number of nitrogens with zero attached hydrogens (tertiary/aromatic N) is 2. The normalized spacial score (nSPS) is 16.3. The van der Waals surface area contributed by atoms with Crippen LogP contribution in [0, 0.1) is 0 Å². The highest BCUT2D eigenvalue weighted by atomic mass is 35.5. The van der Waals surface area contributed by atoms with Crippen LogP contribution in [0.25, 0.3) is 11.3 Å². The number of aliphatic hydroxyl groups is 1. The van der Waals surface area contributed by atoms with E-state index in [0.29, 0.717) is 6.54 Å². The Morgan fingerprint density at radius 2 is 2.04 bits per heavy atom. The number of halogens is 1. The molecular formula is C16H20ClN3O2S. The molecule has 0 saturated carbocycles. The molecule has 1 aliphatic rings. The van der Waals surface area contributed by atoms with Gasteiger partial charge in [0.25, 0.3) is 0 Å². The van der Waals surface area contributed by atoms with Crippen LogP contribution in [0.3, 0.4) is 0 Å². The van der Waals surface area contributed by atoms with Crippen molar-refractivity contribution in [2.45, 2.75) is 6.10 Å². The molecule has 0 aliphatic carbocycles. The first-order valence-corrected chi connectivity index (χ1v) is 9.04. The highest BCUT2D eigenvalue weighted by molar-refractivity contribution is 7.14. The van der Waals surface area contributed by atoms with E-state index < -0.39 is 6.10 Å². The summed E-state index contributed by atoms with van der Waals surface area (Å²) in [4.78, 5) is 7.00. The summed E-state index contributed by atoms with van der Waals surface area (Å²) in [6.45, 7) is 3.78. The van der Waals surface area contributed by atoms with Gasteiger partial charge in [0.05, 0.1) is 30.9 Å². The van der Waals surface area contributed by atoms with Gasteiger partial charge < -0.3 is 20.1 Å². The lowest BCUT2D eigenvalue weighted by Gasteiger charge is -2.26. The van der Waals surface area contributed by atoms with Gasteiger partial charge in [-0.3, -0.25) is 0 Å². The second-order valence-electron chi connectivity index (χ2n) is 5.38. The van der Waals surface area contributed by atoms with Crippen molar-refractivity contribution in [2.24, 2.45) is 0 Å². The molecule has 0 spiro atoms. The largest absolute Gasteiger partial charge is 0.390 e. The number of ether oxygens (including phenoxy) is 1. The smallest absolute Gasteiger partial charge is 0.186 e. The third-order valence-corrected chi connectivity index (χ3v) is 4.93. The molecule has 2 aromatic rings. The van der Waals surface area contributed by atoms with E-state index >= 15 is 0 Å². The number of morpholine rings is 1. The van der Waals surface area contributed by atoms with Gasteiger partial charge in [-0.15, -0.1) is 22.9 Å². The van der Waals surface area contributed by atoms with Crippen molar-refractivity contribution in [3.05, 3.63) is 29.6 Å². The molecule has 1 unspecified atom stereocenters. The lowest BCUT2D eigenvalue weighted by Crippen LogP contribution is -2.36. The van der Waals surface area contributed by atoms with Gasteiger partial charge >= 0.3 is 0 Å². The van der Waals surface area contributed by atoms with Crippen LogP contribution in [0.2, 0.25) is 0 Å². The molecule has 1 aromatic carbocycles. The van der Waals surface area contributed by atoms with E-state index in [9.17, 15) is 5.11 Å². The van der Waals surface area contributed by atoms with Gasteiger partial charge in [-0.05, 0) is 12.1 Å². The maximum Gasteiger partial charge on any atom is 0.186 e. The molecule has 5 nitrogen and oxygen atoms in total. The SMILES string of the molecule is OC(CCl)CNc1ccc(-c2csc(N3CCOCC3)n2)cc1. The Hall–Kier alpha value is -1.34. The average Bonchev–Trinajstić information content (AvgIpc) is 3.11. The van der Waals surface area contributed by atoms with E-state index in [1.165, 1.54) is 0 Å². The van der Waals surface area contributed by atoms with Gasteiger partial charge in [0, 0.05) is 36.3 Å². The van der Waals surface area contributed by atoms with E-state index in [-0.39, 0.29) is 5.88 Å². The maximum atomic E-state index is 9.46. The second kappa shape index (κ2) is 7.97. The minimum absolute atomic E-state index is 0.230. The number of benzene rings is 1. The quantitative estimate of drug-likeness (QED) is 0.782. The molecule has 1 saturated heterocycles. The Kier molecular flexibility index (Phi) is 5.72. The lowest BCUT2D eigenvalue weighted by molar-refractivity contribution is 0.122. The summed E-state index contributed by atoms with van der Waals surface area (Å²) in [5, 5.41) is 15.8. The predicted octanol–water partition coefficient (Wildman–Crippen LogP) is 2.66. The fourth-order valence-corrected chi connectivity index (χ4v) is 3.34. The van der Waals surface area contributed by atoms with E-state index in [2.05, 4.69) is 15.6 Å². The minimum Gasteiger partial charge on any atom is -0.390 e. The Morgan fingerprint density at radius 3 is 2.74 bits per heavy atom. The van der Waals surface area contributed by atoms with Crippen molar-refractivity contribution in [3.63, 3.8) is 0 Å². The number of thiazole rings is 1. The first-order valence-electron chi connectivity index (χ1n) is 7.63. The summed E-state index contributed by atoms with van der Waals surface area (Å²) in [6.07, 6.45) is -0.536. The molecule has 0 bridgehead atoms. The third kappa shape index (κ3) is 4.35. The standard InChI is InChI=1S/C16H20ClN3O2S/c17-9-14(21)10-18-13-3-1-12(2-4-13)15-11-23-16(19-15)20-5-7-22-8-6-20/h1-4,11,14,18,21H,5-10H2. The summed E-state index contributed by atoms with van der Waals surface area (Å²) in [6, 6.07) is 8.05.